The lowest BCUT2D eigenvalue weighted by Crippen LogP contribution is -2.24. The maximum Gasteiger partial charge on any atom is 0.299 e. The molecule has 10 nitrogen and oxygen atoms in total. The van der Waals surface area contributed by atoms with Crippen molar-refractivity contribution in [2.24, 2.45) is 0 Å². The molecular formula is C38H42I4N6O4S2. The predicted molar refractivity (Wildman–Crippen MR) is 259 cm³/mol. The van der Waals surface area contributed by atoms with Gasteiger partial charge >= 0.3 is 0 Å². The van der Waals surface area contributed by atoms with Crippen molar-refractivity contribution >= 4 is 147 Å². The smallest absolute Gasteiger partial charge is 0.299 e. The largest absolute Gasteiger partial charge is 0.465 e. The molecule has 0 aliphatic rings. The highest BCUT2D eigenvalue weighted by Crippen LogP contribution is 2.23. The Hall–Kier alpha value is -1.50. The molecule has 0 aliphatic heterocycles. The molecule has 0 amide bonds. The van der Waals surface area contributed by atoms with Gasteiger partial charge in [0.2, 0.25) is 0 Å². The Morgan fingerprint density at radius 2 is 1.17 bits per heavy atom. The fraction of sp³-hybridized carbons (Fsp3) is 0.368. The molecule has 3 aromatic heterocycles. The Labute approximate surface area is 378 Å². The maximum absolute atomic E-state index is 12.6. The number of hydrogen-bond donors (Lipinski definition) is 0. The van der Waals surface area contributed by atoms with E-state index in [1.807, 2.05) is 75.6 Å². The Kier molecular flexibility index (Phi) is 18.3. The molecule has 6 rings (SSSR count). The molecule has 3 aromatic carbocycles. The molecule has 0 unspecified atom stereocenters. The zero-order valence-electron chi connectivity index (χ0n) is 30.9. The molecule has 0 bridgehead atoms. The van der Waals surface area contributed by atoms with Gasteiger partial charge in [0.15, 0.2) is 10.3 Å². The molecule has 54 heavy (non-hydrogen) atoms. The first-order valence-corrected chi connectivity index (χ1v) is 24.0. The molecule has 6 aromatic rings. The fourth-order valence-corrected chi connectivity index (χ4v) is 9.72. The number of hydrogen-bond acceptors (Lipinski definition) is 9. The Bertz CT molecular complexity index is 2440. The van der Waals surface area contributed by atoms with Gasteiger partial charge < -0.3 is 4.74 Å². The van der Waals surface area contributed by atoms with Crippen LogP contribution < -0.4 is 21.4 Å². The Morgan fingerprint density at radius 1 is 0.630 bits per heavy atom. The third kappa shape index (κ3) is 11.1. The average Bonchev–Trinajstić information content (AvgIpc) is 3.15. The molecule has 3 heterocycles. The second kappa shape index (κ2) is 21.9. The highest BCUT2D eigenvalue weighted by atomic mass is 127. The van der Waals surface area contributed by atoms with Gasteiger partial charge in [-0.3, -0.25) is 28.1 Å². The van der Waals surface area contributed by atoms with Gasteiger partial charge in [-0.25, -0.2) is 9.97 Å². The molecule has 288 valence electrons. The van der Waals surface area contributed by atoms with E-state index in [1.165, 1.54) is 11.8 Å². The first kappa shape index (κ1) is 45.2. The minimum absolute atomic E-state index is 0.0145. The number of benzene rings is 3. The third-order valence-electron chi connectivity index (χ3n) is 7.81. The van der Waals surface area contributed by atoms with Crippen LogP contribution in [0.3, 0.4) is 0 Å². The lowest BCUT2D eigenvalue weighted by Gasteiger charge is -2.13. The summed E-state index contributed by atoms with van der Waals surface area (Å²) in [5, 5.41) is 3.69. The second-order valence-corrected chi connectivity index (χ2v) is 18.6. The van der Waals surface area contributed by atoms with Crippen molar-refractivity contribution in [1.29, 1.82) is 0 Å². The van der Waals surface area contributed by atoms with Crippen molar-refractivity contribution in [2.75, 3.05) is 18.6 Å². The summed E-state index contributed by atoms with van der Waals surface area (Å²) in [7, 11) is 0. The summed E-state index contributed by atoms with van der Waals surface area (Å²) in [4.78, 5) is 51.0. The van der Waals surface area contributed by atoms with Gasteiger partial charge in [0.1, 0.15) is 0 Å². The first-order valence-electron chi connectivity index (χ1n) is 17.5. The van der Waals surface area contributed by atoms with Crippen LogP contribution in [0.2, 0.25) is 0 Å². The number of halogens is 4. The van der Waals surface area contributed by atoms with Crippen LogP contribution in [0.15, 0.2) is 73.2 Å². The van der Waals surface area contributed by atoms with Gasteiger partial charge in [0.05, 0.1) is 39.3 Å². The van der Waals surface area contributed by atoms with Crippen LogP contribution in [0.25, 0.3) is 32.7 Å². The minimum Gasteiger partial charge on any atom is -0.465 e. The SMILES string of the molecule is CCCOc1nc2c(I)cc(I)cc2c(=O)n1CCC.CCCn1c(SCC)nc2ccc(I)cc2c1=O.CCn1c(SC)nc2ccc(I)cc2c1=O. The molecule has 0 atom stereocenters. The predicted octanol–water partition coefficient (Wildman–Crippen LogP) is 10.1. The summed E-state index contributed by atoms with van der Waals surface area (Å²) < 4.78 is 15.0. The third-order valence-corrected chi connectivity index (χ3v) is 12.1. The van der Waals surface area contributed by atoms with Crippen LogP contribution in [-0.4, -0.2) is 47.3 Å². The van der Waals surface area contributed by atoms with Crippen LogP contribution in [-0.2, 0) is 19.6 Å². The average molecular weight is 1220 g/mol. The van der Waals surface area contributed by atoms with Gasteiger partial charge in [0.25, 0.3) is 22.7 Å². The van der Waals surface area contributed by atoms with E-state index < -0.39 is 0 Å². The molecule has 0 saturated carbocycles. The lowest BCUT2D eigenvalue weighted by molar-refractivity contribution is 0.272. The van der Waals surface area contributed by atoms with Gasteiger partial charge in [-0.15, -0.1) is 0 Å². The second-order valence-electron chi connectivity index (χ2n) is 11.7. The van der Waals surface area contributed by atoms with Crippen LogP contribution in [0.5, 0.6) is 6.01 Å². The van der Waals surface area contributed by atoms with Crippen molar-refractivity contribution in [1.82, 2.24) is 28.7 Å². The standard InChI is InChI=1S/C14H16I2N2O2.C13H15IN2OS.C11H11IN2OS/c1-3-5-18-13(19)10-7-9(15)8-11(16)12(10)17-14(18)20-6-4-2;1-3-7-16-12(17)10-8-9(14)5-6-11(10)15-13(16)18-4-2;1-3-14-10(15)8-6-7(12)4-5-9(8)13-11(14)16-2/h7-8H,3-6H2,1-2H3;5-6,8H,3-4,7H2,1-2H3;4-6H,3H2,1-2H3. The van der Waals surface area contributed by atoms with Crippen LogP contribution in [0.1, 0.15) is 53.9 Å². The van der Waals surface area contributed by atoms with Crippen LogP contribution in [0, 0.1) is 14.3 Å². The number of thioether (sulfide) groups is 2. The molecule has 0 N–H and O–H groups in total. The van der Waals surface area contributed by atoms with E-state index in [9.17, 15) is 14.4 Å². The summed E-state index contributed by atoms with van der Waals surface area (Å²) in [6.45, 7) is 12.8. The van der Waals surface area contributed by atoms with E-state index in [4.69, 9.17) is 4.74 Å². The summed E-state index contributed by atoms with van der Waals surface area (Å²) >= 11 is 12.0. The summed E-state index contributed by atoms with van der Waals surface area (Å²) in [6, 6.07) is 15.9. The van der Waals surface area contributed by atoms with Crippen molar-refractivity contribution in [3.05, 3.63) is 93.9 Å². The van der Waals surface area contributed by atoms with E-state index in [2.05, 4.69) is 119 Å². The van der Waals surface area contributed by atoms with Gasteiger partial charge in [-0.1, -0.05) is 51.2 Å². The van der Waals surface area contributed by atoms with E-state index in [0.717, 1.165) is 78.1 Å². The topological polar surface area (TPSA) is 114 Å². The zero-order chi connectivity index (χ0) is 39.5. The van der Waals surface area contributed by atoms with E-state index in [1.54, 1.807) is 25.5 Å². The quantitative estimate of drug-likeness (QED) is 0.0711. The molecule has 0 fully saturated rings. The minimum atomic E-state index is -0.0145. The Balaban J connectivity index is 0.000000182. The highest BCUT2D eigenvalue weighted by Gasteiger charge is 2.15. The van der Waals surface area contributed by atoms with Crippen molar-refractivity contribution in [2.45, 2.75) is 83.8 Å². The van der Waals surface area contributed by atoms with E-state index in [0.29, 0.717) is 36.5 Å². The summed E-state index contributed by atoms with van der Waals surface area (Å²) in [5.41, 5.74) is 2.42. The summed E-state index contributed by atoms with van der Waals surface area (Å²) in [5.74, 6) is 0.923. The molecule has 0 radical (unpaired) electrons. The number of aromatic nitrogens is 6. The summed E-state index contributed by atoms with van der Waals surface area (Å²) in [6.07, 6.45) is 4.64. The molecular weight excluding hydrogens is 1180 g/mol. The van der Waals surface area contributed by atoms with Crippen molar-refractivity contribution in [3.8, 4) is 6.01 Å². The van der Waals surface area contributed by atoms with Gasteiger partial charge in [-0.05, 0) is 177 Å². The number of fused-ring (bicyclic) bond motifs is 3. The normalized spacial score (nSPS) is 11.0. The molecule has 0 aliphatic carbocycles. The molecule has 0 saturated heterocycles. The van der Waals surface area contributed by atoms with E-state index in [-0.39, 0.29) is 16.7 Å². The van der Waals surface area contributed by atoms with Gasteiger partial charge in [0, 0.05) is 33.9 Å². The molecule has 16 heteroatoms. The lowest BCUT2D eigenvalue weighted by atomic mass is 10.2. The zero-order valence-corrected chi connectivity index (χ0v) is 41.2. The van der Waals surface area contributed by atoms with Gasteiger partial charge in [-0.2, -0.15) is 4.98 Å². The highest BCUT2D eigenvalue weighted by molar-refractivity contribution is 14.1. The number of ether oxygens (including phenoxy) is 1. The number of rotatable bonds is 11. The van der Waals surface area contributed by atoms with Crippen molar-refractivity contribution in [3.63, 3.8) is 0 Å². The monoisotopic (exact) mass is 1220 g/mol. The van der Waals surface area contributed by atoms with Crippen LogP contribution >= 0.6 is 114 Å². The Morgan fingerprint density at radius 3 is 1.70 bits per heavy atom. The van der Waals surface area contributed by atoms with E-state index >= 15 is 0 Å². The number of nitrogens with zero attached hydrogens (tertiary/aromatic N) is 6. The first-order chi connectivity index (χ1) is 25.9. The van der Waals surface area contributed by atoms with Crippen LogP contribution in [0.4, 0.5) is 0 Å². The fourth-order valence-electron chi connectivity index (χ4n) is 5.40. The molecule has 0 spiro atoms. The van der Waals surface area contributed by atoms with Crippen molar-refractivity contribution < 1.29 is 4.74 Å². The maximum atomic E-state index is 12.6.